The van der Waals surface area contributed by atoms with Gasteiger partial charge in [0.05, 0.1) is 13.2 Å². The Morgan fingerprint density at radius 3 is 2.68 bits per heavy atom. The van der Waals surface area contributed by atoms with E-state index in [2.05, 4.69) is 15.5 Å². The molecular weight excluding hydrogens is 282 g/mol. The lowest BCUT2D eigenvalue weighted by atomic mass is 10.1. The van der Waals surface area contributed by atoms with E-state index in [0.717, 1.165) is 44.8 Å². The number of aromatic hydroxyl groups is 1. The molecule has 0 saturated carbocycles. The first-order valence-corrected chi connectivity index (χ1v) is 7.76. The summed E-state index contributed by atoms with van der Waals surface area (Å²) in [7, 11) is 0. The molecule has 1 aliphatic heterocycles. The molecule has 0 radical (unpaired) electrons. The molecular formula is C16H25N3O3. The van der Waals surface area contributed by atoms with Crippen LogP contribution in [-0.2, 0) is 11.2 Å². The summed E-state index contributed by atoms with van der Waals surface area (Å²) >= 11 is 0. The molecule has 0 spiro atoms. The smallest absolute Gasteiger partial charge is 0.315 e. The number of nitrogens with zero attached hydrogens (tertiary/aromatic N) is 1. The van der Waals surface area contributed by atoms with E-state index in [-0.39, 0.29) is 17.8 Å². The molecule has 0 unspecified atom stereocenters. The fraction of sp³-hybridized carbons (Fsp3) is 0.562. The van der Waals surface area contributed by atoms with Gasteiger partial charge in [0, 0.05) is 32.2 Å². The summed E-state index contributed by atoms with van der Waals surface area (Å²) < 4.78 is 5.29. The van der Waals surface area contributed by atoms with Gasteiger partial charge < -0.3 is 20.5 Å². The van der Waals surface area contributed by atoms with Crippen LogP contribution in [0.3, 0.4) is 0 Å². The Balaban J connectivity index is 1.62. The van der Waals surface area contributed by atoms with Crippen molar-refractivity contribution in [1.82, 2.24) is 15.5 Å². The number of morpholine rings is 1. The number of rotatable bonds is 6. The number of hydrogen-bond acceptors (Lipinski definition) is 4. The summed E-state index contributed by atoms with van der Waals surface area (Å²) in [6.07, 6.45) is 0.733. The molecule has 1 saturated heterocycles. The molecule has 122 valence electrons. The molecule has 1 aromatic carbocycles. The number of phenolic OH excluding ortho intramolecular Hbond substituents is 1. The number of amides is 2. The first-order chi connectivity index (χ1) is 10.6. The summed E-state index contributed by atoms with van der Waals surface area (Å²) in [5, 5.41) is 15.1. The number of phenols is 1. The van der Waals surface area contributed by atoms with Crippen LogP contribution in [0.15, 0.2) is 24.3 Å². The van der Waals surface area contributed by atoms with Gasteiger partial charge in [-0.2, -0.15) is 0 Å². The van der Waals surface area contributed by atoms with Gasteiger partial charge in [-0.05, 0) is 31.0 Å². The van der Waals surface area contributed by atoms with Crippen molar-refractivity contribution in [2.45, 2.75) is 19.4 Å². The molecule has 3 N–H and O–H groups in total. The fourth-order valence-electron chi connectivity index (χ4n) is 2.46. The zero-order valence-corrected chi connectivity index (χ0v) is 13.0. The number of nitrogens with one attached hydrogen (secondary N) is 2. The Hall–Kier alpha value is -1.79. The minimum Gasteiger partial charge on any atom is -0.508 e. The molecule has 0 bridgehead atoms. The van der Waals surface area contributed by atoms with Gasteiger partial charge >= 0.3 is 6.03 Å². The minimum atomic E-state index is -0.139. The molecule has 2 rings (SSSR count). The number of ether oxygens (including phenoxy) is 1. The minimum absolute atomic E-state index is 0.0351. The van der Waals surface area contributed by atoms with Crippen LogP contribution < -0.4 is 10.6 Å². The molecule has 0 aromatic heterocycles. The van der Waals surface area contributed by atoms with Crippen LogP contribution in [0.1, 0.15) is 12.5 Å². The van der Waals surface area contributed by atoms with E-state index in [1.165, 1.54) is 0 Å². The molecule has 0 aliphatic carbocycles. The van der Waals surface area contributed by atoms with Gasteiger partial charge in [0.15, 0.2) is 0 Å². The number of carbonyl (C=O) groups excluding carboxylic acids is 1. The van der Waals surface area contributed by atoms with Crippen LogP contribution in [0.25, 0.3) is 0 Å². The van der Waals surface area contributed by atoms with Crippen molar-refractivity contribution >= 4 is 6.03 Å². The summed E-state index contributed by atoms with van der Waals surface area (Å²) in [6.45, 7) is 6.86. The average molecular weight is 307 g/mol. The summed E-state index contributed by atoms with van der Waals surface area (Å²) in [4.78, 5) is 14.1. The van der Waals surface area contributed by atoms with Crippen molar-refractivity contribution in [3.63, 3.8) is 0 Å². The number of carbonyl (C=O) groups is 1. The second-order valence-electron chi connectivity index (χ2n) is 5.63. The zero-order valence-electron chi connectivity index (χ0n) is 13.0. The highest BCUT2D eigenvalue weighted by atomic mass is 16.5. The largest absolute Gasteiger partial charge is 0.508 e. The van der Waals surface area contributed by atoms with E-state index >= 15 is 0 Å². The molecule has 1 aromatic rings. The first kappa shape index (κ1) is 16.6. The third kappa shape index (κ3) is 5.91. The van der Waals surface area contributed by atoms with Crippen LogP contribution in [0.4, 0.5) is 4.79 Å². The molecule has 1 aliphatic rings. The molecule has 1 fully saturated rings. The van der Waals surface area contributed by atoms with Crippen LogP contribution in [-0.4, -0.2) is 61.5 Å². The van der Waals surface area contributed by atoms with Crippen LogP contribution >= 0.6 is 0 Å². The zero-order chi connectivity index (χ0) is 15.8. The van der Waals surface area contributed by atoms with Crippen LogP contribution in [0.5, 0.6) is 5.75 Å². The Kier molecular flexibility index (Phi) is 6.48. The summed E-state index contributed by atoms with van der Waals surface area (Å²) in [5.74, 6) is 0.255. The Morgan fingerprint density at radius 2 is 2.00 bits per heavy atom. The highest BCUT2D eigenvalue weighted by Crippen LogP contribution is 2.11. The molecule has 1 atom stereocenters. The second kappa shape index (κ2) is 8.60. The van der Waals surface area contributed by atoms with E-state index in [1.54, 1.807) is 12.1 Å². The van der Waals surface area contributed by atoms with Gasteiger partial charge in [-0.15, -0.1) is 0 Å². The molecule has 2 amide bonds. The van der Waals surface area contributed by atoms with Crippen molar-refractivity contribution < 1.29 is 14.6 Å². The van der Waals surface area contributed by atoms with E-state index in [1.807, 2.05) is 19.1 Å². The topological polar surface area (TPSA) is 73.8 Å². The van der Waals surface area contributed by atoms with Gasteiger partial charge in [0.2, 0.25) is 0 Å². The quantitative estimate of drug-likeness (QED) is 0.732. The Morgan fingerprint density at radius 1 is 1.32 bits per heavy atom. The predicted octanol–water partition coefficient (Wildman–Crippen LogP) is 0.955. The average Bonchev–Trinajstić information content (AvgIpc) is 2.50. The first-order valence-electron chi connectivity index (χ1n) is 7.76. The monoisotopic (exact) mass is 307 g/mol. The Bertz CT molecular complexity index is 458. The lowest BCUT2D eigenvalue weighted by Crippen LogP contribution is -2.46. The van der Waals surface area contributed by atoms with Gasteiger partial charge in [-0.25, -0.2) is 4.79 Å². The van der Waals surface area contributed by atoms with E-state index in [0.29, 0.717) is 6.54 Å². The van der Waals surface area contributed by atoms with E-state index in [9.17, 15) is 9.90 Å². The molecule has 6 heteroatoms. The molecule has 6 nitrogen and oxygen atoms in total. The number of benzene rings is 1. The predicted molar refractivity (Wildman–Crippen MR) is 85.1 cm³/mol. The SMILES string of the molecule is C[C@H](Cc1ccc(O)cc1)NC(=O)NCCN1CCOCC1. The van der Waals surface area contributed by atoms with Gasteiger partial charge in [-0.3, -0.25) is 4.90 Å². The van der Waals surface area contributed by atoms with Crippen LogP contribution in [0, 0.1) is 0 Å². The third-order valence-electron chi connectivity index (χ3n) is 3.67. The number of urea groups is 1. The van der Waals surface area contributed by atoms with Gasteiger partial charge in [0.1, 0.15) is 5.75 Å². The maximum atomic E-state index is 11.8. The fourth-order valence-corrected chi connectivity index (χ4v) is 2.46. The lowest BCUT2D eigenvalue weighted by molar-refractivity contribution is 0.0387. The highest BCUT2D eigenvalue weighted by molar-refractivity contribution is 5.74. The maximum absolute atomic E-state index is 11.8. The van der Waals surface area contributed by atoms with Crippen molar-refractivity contribution in [3.8, 4) is 5.75 Å². The van der Waals surface area contributed by atoms with Gasteiger partial charge in [0.25, 0.3) is 0 Å². The standard InChI is InChI=1S/C16H25N3O3/c1-13(12-14-2-4-15(20)5-3-14)18-16(21)17-6-7-19-8-10-22-11-9-19/h2-5,13,20H,6-12H2,1H3,(H2,17,18,21)/t13-/m1/s1. The third-order valence-corrected chi connectivity index (χ3v) is 3.67. The van der Waals surface area contributed by atoms with Crippen molar-refractivity contribution in [2.75, 3.05) is 39.4 Å². The molecule has 22 heavy (non-hydrogen) atoms. The van der Waals surface area contributed by atoms with Gasteiger partial charge in [-0.1, -0.05) is 12.1 Å². The van der Waals surface area contributed by atoms with E-state index < -0.39 is 0 Å². The van der Waals surface area contributed by atoms with Crippen molar-refractivity contribution in [1.29, 1.82) is 0 Å². The van der Waals surface area contributed by atoms with Crippen molar-refractivity contribution in [3.05, 3.63) is 29.8 Å². The van der Waals surface area contributed by atoms with E-state index in [4.69, 9.17) is 4.74 Å². The Labute approximate surface area is 131 Å². The summed E-state index contributed by atoms with van der Waals surface area (Å²) in [6, 6.07) is 6.94. The second-order valence-corrected chi connectivity index (χ2v) is 5.63. The maximum Gasteiger partial charge on any atom is 0.315 e. The normalized spacial score (nSPS) is 17.0. The number of hydrogen-bond donors (Lipinski definition) is 3. The summed E-state index contributed by atoms with van der Waals surface area (Å²) in [5.41, 5.74) is 1.08. The van der Waals surface area contributed by atoms with Crippen molar-refractivity contribution in [2.24, 2.45) is 0 Å². The van der Waals surface area contributed by atoms with Crippen LogP contribution in [0.2, 0.25) is 0 Å². The lowest BCUT2D eigenvalue weighted by Gasteiger charge is -2.26. The highest BCUT2D eigenvalue weighted by Gasteiger charge is 2.11. The molecule has 1 heterocycles.